The van der Waals surface area contributed by atoms with Gasteiger partial charge in [-0.1, -0.05) is 48.5 Å². The van der Waals surface area contributed by atoms with E-state index >= 15 is 0 Å². The summed E-state index contributed by atoms with van der Waals surface area (Å²) in [5, 5.41) is 11.1. The number of hydrogen-bond acceptors (Lipinski definition) is 1. The van der Waals surface area contributed by atoms with Crippen molar-refractivity contribution in [3.8, 4) is 0 Å². The molecule has 1 heteroatoms. The molecule has 0 saturated heterocycles. The van der Waals surface area contributed by atoms with Gasteiger partial charge in [0.1, 0.15) is 0 Å². The number of benzene rings is 2. The van der Waals surface area contributed by atoms with Crippen LogP contribution in [0.3, 0.4) is 0 Å². The Labute approximate surface area is 106 Å². The highest BCUT2D eigenvalue weighted by Crippen LogP contribution is 2.75. The Hall–Kier alpha value is -1.60. The standard InChI is InChI=1S/C17H14O/c18-17-9-10-5-1-2-6-11(10)14-15(16(14)17)12-7-3-4-8-13(12)17/h1-8,14-16,18H,9H2/t14-,15+,16+,17-/m1/s1. The number of hydrogen-bond donors (Lipinski definition) is 1. The normalized spacial score (nSPS) is 37.7. The first kappa shape index (κ1) is 9.35. The molecule has 0 amide bonds. The van der Waals surface area contributed by atoms with Crippen LogP contribution in [0.15, 0.2) is 48.5 Å². The van der Waals surface area contributed by atoms with Crippen molar-refractivity contribution in [2.45, 2.75) is 23.9 Å². The lowest BCUT2D eigenvalue weighted by Crippen LogP contribution is -2.33. The molecule has 3 aliphatic rings. The van der Waals surface area contributed by atoms with E-state index in [1.54, 1.807) is 0 Å². The molecule has 5 rings (SSSR count). The number of aliphatic hydroxyl groups is 1. The van der Waals surface area contributed by atoms with Crippen molar-refractivity contribution in [1.82, 2.24) is 0 Å². The lowest BCUT2D eigenvalue weighted by atomic mass is 9.76. The first-order chi connectivity index (χ1) is 8.81. The van der Waals surface area contributed by atoms with Crippen molar-refractivity contribution in [3.05, 3.63) is 70.8 Å². The highest BCUT2D eigenvalue weighted by atomic mass is 16.3. The molecule has 1 fully saturated rings. The van der Waals surface area contributed by atoms with Crippen LogP contribution in [0.2, 0.25) is 0 Å². The molecule has 0 bridgehead atoms. The summed E-state index contributed by atoms with van der Waals surface area (Å²) < 4.78 is 0. The van der Waals surface area contributed by atoms with E-state index in [4.69, 9.17) is 0 Å². The summed E-state index contributed by atoms with van der Waals surface area (Å²) in [4.78, 5) is 0. The summed E-state index contributed by atoms with van der Waals surface area (Å²) in [5.41, 5.74) is 4.81. The van der Waals surface area contributed by atoms with E-state index < -0.39 is 5.60 Å². The van der Waals surface area contributed by atoms with Gasteiger partial charge in [0, 0.05) is 12.3 Å². The smallest absolute Gasteiger partial charge is 0.0979 e. The summed E-state index contributed by atoms with van der Waals surface area (Å²) in [5.74, 6) is 1.56. The van der Waals surface area contributed by atoms with Crippen LogP contribution in [0, 0.1) is 5.92 Å². The van der Waals surface area contributed by atoms with Crippen LogP contribution in [-0.4, -0.2) is 5.11 Å². The van der Waals surface area contributed by atoms with Crippen LogP contribution in [0.1, 0.15) is 34.1 Å². The van der Waals surface area contributed by atoms with E-state index in [2.05, 4.69) is 48.5 Å². The van der Waals surface area contributed by atoms with Crippen LogP contribution < -0.4 is 0 Å². The maximum absolute atomic E-state index is 11.1. The fourth-order valence-corrected chi connectivity index (χ4v) is 4.56. The van der Waals surface area contributed by atoms with Crippen molar-refractivity contribution in [2.75, 3.05) is 0 Å². The zero-order chi connectivity index (χ0) is 11.9. The highest BCUT2D eigenvalue weighted by Gasteiger charge is 2.70. The van der Waals surface area contributed by atoms with Gasteiger partial charge < -0.3 is 5.11 Å². The van der Waals surface area contributed by atoms with E-state index in [1.165, 1.54) is 22.3 Å². The van der Waals surface area contributed by atoms with E-state index in [-0.39, 0.29) is 0 Å². The van der Waals surface area contributed by atoms with E-state index in [0.717, 1.165) is 6.42 Å². The fraction of sp³-hybridized carbons (Fsp3) is 0.294. The molecule has 0 heterocycles. The molecule has 88 valence electrons. The SMILES string of the molecule is O[C@]12Cc3ccccc3[C@@H]3[C@H](c4ccccc41)[C@H]32. The average molecular weight is 234 g/mol. The molecule has 3 aliphatic carbocycles. The highest BCUT2D eigenvalue weighted by molar-refractivity contribution is 5.59. The molecule has 2 aromatic carbocycles. The Morgan fingerprint density at radius 2 is 1.56 bits per heavy atom. The third-order valence-electron chi connectivity index (χ3n) is 5.23. The van der Waals surface area contributed by atoms with Gasteiger partial charge in [-0.25, -0.2) is 0 Å². The van der Waals surface area contributed by atoms with Gasteiger partial charge in [-0.3, -0.25) is 0 Å². The third-order valence-corrected chi connectivity index (χ3v) is 5.23. The predicted octanol–water partition coefficient (Wildman–Crippen LogP) is 2.94. The third kappa shape index (κ3) is 0.842. The Balaban J connectivity index is 1.79. The van der Waals surface area contributed by atoms with Crippen LogP contribution in [0.4, 0.5) is 0 Å². The molecule has 0 aliphatic heterocycles. The second-order valence-electron chi connectivity index (χ2n) is 5.96. The van der Waals surface area contributed by atoms with Crippen molar-refractivity contribution >= 4 is 0 Å². The molecular formula is C17H14O. The summed E-state index contributed by atoms with van der Waals surface area (Å²) in [6.45, 7) is 0. The van der Waals surface area contributed by atoms with E-state index in [0.29, 0.717) is 17.8 Å². The Morgan fingerprint density at radius 3 is 2.44 bits per heavy atom. The molecular weight excluding hydrogens is 220 g/mol. The monoisotopic (exact) mass is 234 g/mol. The summed E-state index contributed by atoms with van der Waals surface area (Å²) in [6, 6.07) is 17.1. The fourth-order valence-electron chi connectivity index (χ4n) is 4.56. The van der Waals surface area contributed by atoms with Gasteiger partial charge in [-0.15, -0.1) is 0 Å². The minimum atomic E-state index is -0.597. The average Bonchev–Trinajstić information content (AvgIpc) is 3.09. The van der Waals surface area contributed by atoms with Crippen LogP contribution >= 0.6 is 0 Å². The largest absolute Gasteiger partial charge is 0.384 e. The second kappa shape index (κ2) is 2.70. The summed E-state index contributed by atoms with van der Waals surface area (Å²) in [6.07, 6.45) is 0.790. The minimum Gasteiger partial charge on any atom is -0.384 e. The molecule has 4 atom stereocenters. The number of rotatable bonds is 0. The Kier molecular flexibility index (Phi) is 1.40. The van der Waals surface area contributed by atoms with Crippen molar-refractivity contribution in [3.63, 3.8) is 0 Å². The minimum absolute atomic E-state index is 0.435. The first-order valence-electron chi connectivity index (χ1n) is 6.70. The molecule has 0 aromatic heterocycles. The molecule has 0 spiro atoms. The summed E-state index contributed by atoms with van der Waals surface area (Å²) >= 11 is 0. The quantitative estimate of drug-likeness (QED) is 0.743. The lowest BCUT2D eigenvalue weighted by molar-refractivity contribution is 0.0122. The van der Waals surface area contributed by atoms with Gasteiger partial charge >= 0.3 is 0 Å². The second-order valence-corrected chi connectivity index (χ2v) is 5.96. The molecule has 1 saturated carbocycles. The van der Waals surface area contributed by atoms with E-state index in [9.17, 15) is 5.11 Å². The van der Waals surface area contributed by atoms with Crippen LogP contribution in [0.5, 0.6) is 0 Å². The molecule has 0 unspecified atom stereocenters. The zero-order valence-electron chi connectivity index (χ0n) is 10.0. The molecule has 1 N–H and O–H groups in total. The summed E-state index contributed by atoms with van der Waals surface area (Å²) in [7, 11) is 0. The molecule has 2 aromatic rings. The van der Waals surface area contributed by atoms with Gasteiger partial charge in [0.05, 0.1) is 5.60 Å². The number of fused-ring (bicyclic) bond motifs is 6. The van der Waals surface area contributed by atoms with Gasteiger partial charge in [0.15, 0.2) is 0 Å². The maximum Gasteiger partial charge on any atom is 0.0979 e. The van der Waals surface area contributed by atoms with E-state index in [1.807, 2.05) is 0 Å². The van der Waals surface area contributed by atoms with Gasteiger partial charge in [-0.05, 0) is 34.1 Å². The predicted molar refractivity (Wildman–Crippen MR) is 69.5 cm³/mol. The Morgan fingerprint density at radius 1 is 0.889 bits per heavy atom. The van der Waals surface area contributed by atoms with Crippen LogP contribution in [0.25, 0.3) is 0 Å². The zero-order valence-corrected chi connectivity index (χ0v) is 10.0. The van der Waals surface area contributed by atoms with Crippen molar-refractivity contribution in [1.29, 1.82) is 0 Å². The molecule has 1 nitrogen and oxygen atoms in total. The van der Waals surface area contributed by atoms with Crippen LogP contribution in [-0.2, 0) is 12.0 Å². The van der Waals surface area contributed by atoms with Crippen molar-refractivity contribution < 1.29 is 5.11 Å². The first-order valence-corrected chi connectivity index (χ1v) is 6.70. The van der Waals surface area contributed by atoms with Gasteiger partial charge in [0.25, 0.3) is 0 Å². The maximum atomic E-state index is 11.1. The van der Waals surface area contributed by atoms with Gasteiger partial charge in [-0.2, -0.15) is 0 Å². The lowest BCUT2D eigenvalue weighted by Gasteiger charge is -2.33. The van der Waals surface area contributed by atoms with Gasteiger partial charge in [0.2, 0.25) is 0 Å². The Bertz CT molecular complexity index is 675. The molecule has 0 radical (unpaired) electrons. The topological polar surface area (TPSA) is 20.2 Å². The molecule has 18 heavy (non-hydrogen) atoms. The van der Waals surface area contributed by atoms with Crippen molar-refractivity contribution in [2.24, 2.45) is 5.92 Å².